The predicted molar refractivity (Wildman–Crippen MR) is 113 cm³/mol. The second kappa shape index (κ2) is 9.31. The van der Waals surface area contributed by atoms with Crippen molar-refractivity contribution in [1.82, 2.24) is 0 Å². The molecule has 0 saturated carbocycles. The first kappa shape index (κ1) is 19.9. The van der Waals surface area contributed by atoms with Crippen LogP contribution in [0.5, 0.6) is 0 Å². The van der Waals surface area contributed by atoms with Crippen molar-refractivity contribution < 1.29 is 0 Å². The van der Waals surface area contributed by atoms with Gasteiger partial charge in [-0.2, -0.15) is 0 Å². The van der Waals surface area contributed by atoms with Crippen molar-refractivity contribution in [3.05, 3.63) is 69.2 Å². The number of hydrogen-bond donors (Lipinski definition) is 1. The number of rotatable bonds is 7. The fourth-order valence-corrected chi connectivity index (χ4v) is 3.55. The topological polar surface area (TPSA) is 12.0 Å². The van der Waals surface area contributed by atoms with Gasteiger partial charge in [0.1, 0.15) is 0 Å². The Balaban J connectivity index is 2.29. The number of aryl methyl sites for hydroxylation is 1. The maximum atomic E-state index is 6.45. The molecule has 0 aliphatic rings. The van der Waals surface area contributed by atoms with E-state index in [-0.39, 0.29) is 6.04 Å². The molecule has 0 fully saturated rings. The largest absolute Gasteiger partial charge is 0.377 e. The SMILES string of the molecule is CC/C=C(\CCC)c1ccc(Cl)c(NC(C)c2ccc(Cl)cc2C)c1. The van der Waals surface area contributed by atoms with Gasteiger partial charge in [0, 0.05) is 11.1 Å². The van der Waals surface area contributed by atoms with Crippen LogP contribution in [0.2, 0.25) is 10.0 Å². The van der Waals surface area contributed by atoms with E-state index in [1.165, 1.54) is 22.3 Å². The van der Waals surface area contributed by atoms with E-state index < -0.39 is 0 Å². The maximum Gasteiger partial charge on any atom is 0.0638 e. The van der Waals surface area contributed by atoms with Crippen LogP contribution < -0.4 is 5.32 Å². The molecule has 0 amide bonds. The molecule has 134 valence electrons. The van der Waals surface area contributed by atoms with Crippen LogP contribution in [0.1, 0.15) is 62.8 Å². The highest BCUT2D eigenvalue weighted by molar-refractivity contribution is 6.33. The fraction of sp³-hybridized carbons (Fsp3) is 0.364. The van der Waals surface area contributed by atoms with E-state index in [4.69, 9.17) is 23.2 Å². The quantitative estimate of drug-likeness (QED) is 0.515. The second-order valence-corrected chi connectivity index (χ2v) is 7.29. The molecule has 2 aromatic rings. The standard InChI is InChI=1S/C22H27Cl2N/c1-5-7-17(8-6-2)18-9-12-21(24)22(14-18)25-16(4)20-11-10-19(23)13-15(20)3/h7,9-14,16,25H,5-6,8H2,1-4H3/b17-7+. The zero-order valence-corrected chi connectivity index (χ0v) is 17.0. The Bertz CT molecular complexity index is 750. The third-order valence-electron chi connectivity index (χ3n) is 4.38. The molecule has 0 bridgehead atoms. The normalized spacial score (nSPS) is 13.0. The fourth-order valence-electron chi connectivity index (χ4n) is 3.15. The molecule has 0 aliphatic carbocycles. The second-order valence-electron chi connectivity index (χ2n) is 6.45. The molecule has 0 saturated heterocycles. The first-order valence-corrected chi connectivity index (χ1v) is 9.73. The molecule has 2 rings (SSSR count). The Labute approximate surface area is 162 Å². The number of anilines is 1. The third kappa shape index (κ3) is 5.26. The summed E-state index contributed by atoms with van der Waals surface area (Å²) < 4.78 is 0. The van der Waals surface area contributed by atoms with Crippen LogP contribution in [-0.2, 0) is 0 Å². The molecule has 1 nitrogen and oxygen atoms in total. The first-order chi connectivity index (χ1) is 12.0. The van der Waals surface area contributed by atoms with Gasteiger partial charge in [-0.05, 0) is 73.2 Å². The molecule has 2 aromatic carbocycles. The Hall–Kier alpha value is -1.44. The Morgan fingerprint density at radius 2 is 1.88 bits per heavy atom. The van der Waals surface area contributed by atoms with Gasteiger partial charge in [-0.25, -0.2) is 0 Å². The molecule has 0 aliphatic heterocycles. The van der Waals surface area contributed by atoms with Gasteiger partial charge in [-0.15, -0.1) is 0 Å². The molecule has 0 radical (unpaired) electrons. The van der Waals surface area contributed by atoms with E-state index in [0.717, 1.165) is 35.0 Å². The molecular formula is C22H27Cl2N. The van der Waals surface area contributed by atoms with Gasteiger partial charge in [0.15, 0.2) is 0 Å². The van der Waals surface area contributed by atoms with Gasteiger partial charge >= 0.3 is 0 Å². The highest BCUT2D eigenvalue weighted by atomic mass is 35.5. The minimum Gasteiger partial charge on any atom is -0.377 e. The zero-order valence-electron chi connectivity index (χ0n) is 15.5. The van der Waals surface area contributed by atoms with E-state index in [2.05, 4.69) is 57.3 Å². The summed E-state index contributed by atoms with van der Waals surface area (Å²) in [5, 5.41) is 5.08. The van der Waals surface area contributed by atoms with Crippen LogP contribution in [-0.4, -0.2) is 0 Å². The van der Waals surface area contributed by atoms with Crippen LogP contribution >= 0.6 is 23.2 Å². The maximum absolute atomic E-state index is 6.45. The lowest BCUT2D eigenvalue weighted by Crippen LogP contribution is -2.09. The van der Waals surface area contributed by atoms with Crippen molar-refractivity contribution in [3.8, 4) is 0 Å². The molecule has 3 heteroatoms. The van der Waals surface area contributed by atoms with Crippen LogP contribution in [0.3, 0.4) is 0 Å². The minimum absolute atomic E-state index is 0.148. The number of hydrogen-bond acceptors (Lipinski definition) is 1. The van der Waals surface area contributed by atoms with Crippen molar-refractivity contribution >= 4 is 34.5 Å². The van der Waals surface area contributed by atoms with E-state index in [9.17, 15) is 0 Å². The summed E-state index contributed by atoms with van der Waals surface area (Å²) >= 11 is 12.5. The van der Waals surface area contributed by atoms with Gasteiger partial charge in [0.05, 0.1) is 10.7 Å². The zero-order chi connectivity index (χ0) is 18.4. The summed E-state index contributed by atoms with van der Waals surface area (Å²) in [7, 11) is 0. The van der Waals surface area contributed by atoms with Crippen LogP contribution in [0.4, 0.5) is 5.69 Å². The molecular weight excluding hydrogens is 349 g/mol. The van der Waals surface area contributed by atoms with E-state index >= 15 is 0 Å². The lowest BCUT2D eigenvalue weighted by atomic mass is 9.99. The molecule has 25 heavy (non-hydrogen) atoms. The molecule has 1 unspecified atom stereocenters. The number of nitrogens with one attached hydrogen (secondary N) is 1. The first-order valence-electron chi connectivity index (χ1n) is 8.97. The van der Waals surface area contributed by atoms with Crippen LogP contribution in [0, 0.1) is 6.92 Å². The highest BCUT2D eigenvalue weighted by Crippen LogP contribution is 2.32. The van der Waals surface area contributed by atoms with Crippen molar-refractivity contribution in [2.75, 3.05) is 5.32 Å². The van der Waals surface area contributed by atoms with Gasteiger partial charge < -0.3 is 5.32 Å². The van der Waals surface area contributed by atoms with Crippen molar-refractivity contribution in [1.29, 1.82) is 0 Å². The Morgan fingerprint density at radius 3 is 2.52 bits per heavy atom. The summed E-state index contributed by atoms with van der Waals surface area (Å²) in [6.45, 7) is 8.62. The van der Waals surface area contributed by atoms with E-state index in [1.807, 2.05) is 18.2 Å². The van der Waals surface area contributed by atoms with Crippen LogP contribution in [0.25, 0.3) is 5.57 Å². The molecule has 0 spiro atoms. The summed E-state index contributed by atoms with van der Waals surface area (Å²) in [4.78, 5) is 0. The van der Waals surface area contributed by atoms with Gasteiger partial charge in [-0.1, -0.05) is 61.7 Å². The van der Waals surface area contributed by atoms with Crippen molar-refractivity contribution in [2.24, 2.45) is 0 Å². The van der Waals surface area contributed by atoms with E-state index in [0.29, 0.717) is 0 Å². The van der Waals surface area contributed by atoms with Gasteiger partial charge in [0.2, 0.25) is 0 Å². The smallest absolute Gasteiger partial charge is 0.0638 e. The van der Waals surface area contributed by atoms with Gasteiger partial charge in [-0.3, -0.25) is 0 Å². The number of allylic oxidation sites excluding steroid dienone is 2. The molecule has 1 atom stereocenters. The molecule has 0 aromatic heterocycles. The van der Waals surface area contributed by atoms with Crippen molar-refractivity contribution in [2.45, 2.75) is 53.0 Å². The highest BCUT2D eigenvalue weighted by Gasteiger charge is 2.12. The average molecular weight is 376 g/mol. The summed E-state index contributed by atoms with van der Waals surface area (Å²) in [6.07, 6.45) is 5.57. The summed E-state index contributed by atoms with van der Waals surface area (Å²) in [6, 6.07) is 12.4. The lowest BCUT2D eigenvalue weighted by Gasteiger charge is -2.20. The summed E-state index contributed by atoms with van der Waals surface area (Å²) in [5.41, 5.74) is 6.01. The third-order valence-corrected chi connectivity index (χ3v) is 4.94. The lowest BCUT2D eigenvalue weighted by molar-refractivity contribution is 0.874. The number of benzene rings is 2. The molecule has 0 heterocycles. The Kier molecular flexibility index (Phi) is 7.40. The Morgan fingerprint density at radius 1 is 1.12 bits per heavy atom. The minimum atomic E-state index is 0.148. The summed E-state index contributed by atoms with van der Waals surface area (Å²) in [5.74, 6) is 0. The number of halogens is 2. The average Bonchev–Trinajstić information content (AvgIpc) is 2.56. The monoisotopic (exact) mass is 375 g/mol. The van der Waals surface area contributed by atoms with Crippen molar-refractivity contribution in [3.63, 3.8) is 0 Å². The predicted octanol–water partition coefficient (Wildman–Crippen LogP) is 8.07. The molecule has 1 N–H and O–H groups in total. The van der Waals surface area contributed by atoms with Crippen LogP contribution in [0.15, 0.2) is 42.5 Å². The van der Waals surface area contributed by atoms with Gasteiger partial charge in [0.25, 0.3) is 0 Å². The van der Waals surface area contributed by atoms with E-state index in [1.54, 1.807) is 0 Å².